The summed E-state index contributed by atoms with van der Waals surface area (Å²) in [4.78, 5) is 2.42. The van der Waals surface area contributed by atoms with Gasteiger partial charge in [0.2, 0.25) is 0 Å². The summed E-state index contributed by atoms with van der Waals surface area (Å²) in [6, 6.07) is 6.49. The molecule has 19 heavy (non-hydrogen) atoms. The van der Waals surface area contributed by atoms with E-state index in [-0.39, 0.29) is 0 Å². The van der Waals surface area contributed by atoms with Crippen LogP contribution in [0.2, 0.25) is 0 Å². The molecule has 0 radical (unpaired) electrons. The first-order valence-electron chi connectivity index (χ1n) is 7.09. The van der Waals surface area contributed by atoms with Gasteiger partial charge in [-0.05, 0) is 49.1 Å². The van der Waals surface area contributed by atoms with Crippen molar-refractivity contribution < 1.29 is 5.11 Å². The third-order valence-electron chi connectivity index (χ3n) is 3.72. The lowest BCUT2D eigenvalue weighted by Gasteiger charge is -2.35. The average Bonchev–Trinajstić information content (AvgIpc) is 2.45. The Bertz CT molecular complexity index is 411. The minimum absolute atomic E-state index is 0.301. The fourth-order valence-corrected chi connectivity index (χ4v) is 3.11. The van der Waals surface area contributed by atoms with Crippen LogP contribution < -0.4 is 10.2 Å². The molecule has 1 atom stereocenters. The maximum Gasteiger partial charge on any atom is 0.0476 e. The van der Waals surface area contributed by atoms with Gasteiger partial charge in [-0.1, -0.05) is 22.9 Å². The molecule has 2 N–H and O–H groups in total. The van der Waals surface area contributed by atoms with Crippen molar-refractivity contribution >= 4 is 21.6 Å². The number of hydrogen-bond acceptors (Lipinski definition) is 3. The molecule has 1 heterocycles. The van der Waals surface area contributed by atoms with Crippen LogP contribution in [0.15, 0.2) is 22.7 Å². The molecule has 3 nitrogen and oxygen atoms in total. The third kappa shape index (κ3) is 3.94. The lowest BCUT2D eigenvalue weighted by Crippen LogP contribution is -2.37. The van der Waals surface area contributed by atoms with Gasteiger partial charge in [-0.15, -0.1) is 0 Å². The van der Waals surface area contributed by atoms with Crippen molar-refractivity contribution in [2.24, 2.45) is 5.92 Å². The second-order valence-corrected chi connectivity index (χ2v) is 6.11. The summed E-state index contributed by atoms with van der Waals surface area (Å²) < 4.78 is 1.12. The Morgan fingerprint density at radius 3 is 3.05 bits per heavy atom. The summed E-state index contributed by atoms with van der Waals surface area (Å²) in [7, 11) is 0. The molecule has 106 valence electrons. The maximum absolute atomic E-state index is 9.36. The summed E-state index contributed by atoms with van der Waals surface area (Å²) in [6.07, 6.45) is 2.31. The van der Waals surface area contributed by atoms with E-state index in [2.05, 4.69) is 51.3 Å². The molecule has 1 aromatic rings. The Kier molecular flexibility index (Phi) is 5.67. The smallest absolute Gasteiger partial charge is 0.0476 e. The fourth-order valence-electron chi connectivity index (χ4n) is 2.70. The van der Waals surface area contributed by atoms with Gasteiger partial charge in [-0.2, -0.15) is 0 Å². The molecule has 0 aliphatic carbocycles. The number of aliphatic hydroxyl groups excluding tert-OH is 1. The predicted octanol–water partition coefficient (Wildman–Crippen LogP) is 2.77. The minimum atomic E-state index is 0.301. The first-order chi connectivity index (χ1) is 9.24. The van der Waals surface area contributed by atoms with Gasteiger partial charge in [0, 0.05) is 36.4 Å². The van der Waals surface area contributed by atoms with E-state index in [1.165, 1.54) is 17.7 Å². The van der Waals surface area contributed by atoms with E-state index in [0.29, 0.717) is 12.5 Å². The van der Waals surface area contributed by atoms with Crippen molar-refractivity contribution in [2.75, 3.05) is 31.1 Å². The summed E-state index contributed by atoms with van der Waals surface area (Å²) in [5.74, 6) is 0.421. The molecule has 1 saturated heterocycles. The van der Waals surface area contributed by atoms with Gasteiger partial charge in [-0.3, -0.25) is 0 Å². The van der Waals surface area contributed by atoms with Crippen molar-refractivity contribution in [2.45, 2.75) is 26.3 Å². The molecule has 0 spiro atoms. The van der Waals surface area contributed by atoms with Crippen LogP contribution in [0.5, 0.6) is 0 Å². The zero-order valence-corrected chi connectivity index (χ0v) is 13.1. The third-order valence-corrected chi connectivity index (χ3v) is 4.22. The van der Waals surface area contributed by atoms with Crippen LogP contribution in [0.3, 0.4) is 0 Å². The van der Waals surface area contributed by atoms with Crippen LogP contribution in [0.25, 0.3) is 0 Å². The fraction of sp³-hybridized carbons (Fsp3) is 0.600. The summed E-state index contributed by atoms with van der Waals surface area (Å²) in [5, 5.41) is 12.8. The van der Waals surface area contributed by atoms with Gasteiger partial charge in [-0.25, -0.2) is 0 Å². The van der Waals surface area contributed by atoms with Crippen molar-refractivity contribution in [3.63, 3.8) is 0 Å². The highest BCUT2D eigenvalue weighted by molar-refractivity contribution is 9.10. The highest BCUT2D eigenvalue weighted by Gasteiger charge is 2.21. The maximum atomic E-state index is 9.36. The predicted molar refractivity (Wildman–Crippen MR) is 83.5 cm³/mol. The van der Waals surface area contributed by atoms with Crippen LogP contribution in [-0.2, 0) is 6.54 Å². The molecule has 1 unspecified atom stereocenters. The zero-order valence-electron chi connectivity index (χ0n) is 11.5. The van der Waals surface area contributed by atoms with Crippen molar-refractivity contribution in [1.82, 2.24) is 5.32 Å². The SMILES string of the molecule is CCNCc1cc(Br)ccc1N1CCCC(CO)C1. The van der Waals surface area contributed by atoms with E-state index in [9.17, 15) is 5.11 Å². The Morgan fingerprint density at radius 1 is 1.47 bits per heavy atom. The number of piperidine rings is 1. The van der Waals surface area contributed by atoms with Crippen molar-refractivity contribution in [3.05, 3.63) is 28.2 Å². The van der Waals surface area contributed by atoms with Gasteiger partial charge in [0.05, 0.1) is 0 Å². The van der Waals surface area contributed by atoms with Gasteiger partial charge in [0.1, 0.15) is 0 Å². The van der Waals surface area contributed by atoms with E-state index in [1.54, 1.807) is 0 Å². The molecule has 4 heteroatoms. The molecular weight excluding hydrogens is 304 g/mol. The van der Waals surface area contributed by atoms with Crippen LogP contribution in [0.1, 0.15) is 25.3 Å². The number of halogens is 1. The molecule has 1 aliphatic heterocycles. The number of benzene rings is 1. The lowest BCUT2D eigenvalue weighted by molar-refractivity contribution is 0.208. The Morgan fingerprint density at radius 2 is 2.32 bits per heavy atom. The first-order valence-corrected chi connectivity index (χ1v) is 7.88. The highest BCUT2D eigenvalue weighted by atomic mass is 79.9. The summed E-state index contributed by atoms with van der Waals surface area (Å²) >= 11 is 3.55. The molecule has 0 aromatic heterocycles. The molecule has 2 rings (SSSR count). The van der Waals surface area contributed by atoms with Crippen LogP contribution in [0, 0.1) is 5.92 Å². The van der Waals surface area contributed by atoms with Crippen LogP contribution >= 0.6 is 15.9 Å². The molecular formula is C15H23BrN2O. The van der Waals surface area contributed by atoms with Crippen LogP contribution in [-0.4, -0.2) is 31.3 Å². The molecule has 1 fully saturated rings. The van der Waals surface area contributed by atoms with E-state index >= 15 is 0 Å². The van der Waals surface area contributed by atoms with Crippen LogP contribution in [0.4, 0.5) is 5.69 Å². The van der Waals surface area contributed by atoms with Gasteiger partial charge < -0.3 is 15.3 Å². The van der Waals surface area contributed by atoms with Gasteiger partial charge in [0.25, 0.3) is 0 Å². The molecule has 0 amide bonds. The molecule has 1 aromatic carbocycles. The van der Waals surface area contributed by atoms with E-state index < -0.39 is 0 Å². The van der Waals surface area contributed by atoms with Crippen molar-refractivity contribution in [1.29, 1.82) is 0 Å². The van der Waals surface area contributed by atoms with E-state index in [1.807, 2.05) is 0 Å². The standard InChI is InChI=1S/C15H23BrN2O/c1-2-17-9-13-8-14(16)5-6-15(13)18-7-3-4-12(10-18)11-19/h5-6,8,12,17,19H,2-4,7,9-11H2,1H3. The van der Waals surface area contributed by atoms with E-state index in [4.69, 9.17) is 0 Å². The Hall–Kier alpha value is -0.580. The second-order valence-electron chi connectivity index (χ2n) is 5.19. The van der Waals surface area contributed by atoms with Gasteiger partial charge >= 0.3 is 0 Å². The summed E-state index contributed by atoms with van der Waals surface area (Å²) in [5.41, 5.74) is 2.64. The highest BCUT2D eigenvalue weighted by Crippen LogP contribution is 2.28. The number of hydrogen-bond donors (Lipinski definition) is 2. The summed E-state index contributed by atoms with van der Waals surface area (Å²) in [6.45, 7) is 6.36. The number of anilines is 1. The number of rotatable bonds is 5. The van der Waals surface area contributed by atoms with Crippen molar-refractivity contribution in [3.8, 4) is 0 Å². The molecule has 0 saturated carbocycles. The average molecular weight is 327 g/mol. The van der Waals surface area contributed by atoms with Gasteiger partial charge in [0.15, 0.2) is 0 Å². The lowest BCUT2D eigenvalue weighted by atomic mass is 9.97. The number of nitrogens with zero attached hydrogens (tertiary/aromatic N) is 1. The monoisotopic (exact) mass is 326 g/mol. The Labute approximate surface area is 124 Å². The second kappa shape index (κ2) is 7.27. The number of aliphatic hydroxyl groups is 1. The minimum Gasteiger partial charge on any atom is -0.396 e. The topological polar surface area (TPSA) is 35.5 Å². The largest absolute Gasteiger partial charge is 0.396 e. The quantitative estimate of drug-likeness (QED) is 0.873. The first kappa shape index (κ1) is 14.8. The Balaban J connectivity index is 2.17. The van der Waals surface area contributed by atoms with E-state index in [0.717, 1.165) is 37.1 Å². The number of nitrogens with one attached hydrogen (secondary N) is 1. The zero-order chi connectivity index (χ0) is 13.7. The normalized spacial score (nSPS) is 19.7. The molecule has 1 aliphatic rings. The molecule has 0 bridgehead atoms.